The lowest BCUT2D eigenvalue weighted by Crippen LogP contribution is -2.12. The number of carbonyl (C=O) groups excluding carboxylic acids is 1. The molecule has 2 aromatic heterocycles. The number of hydrogen-bond acceptors (Lipinski definition) is 4. The van der Waals surface area contributed by atoms with Crippen molar-refractivity contribution in [3.05, 3.63) is 45.0 Å². The van der Waals surface area contributed by atoms with Gasteiger partial charge in [-0.1, -0.05) is 0 Å². The van der Waals surface area contributed by atoms with E-state index in [1.807, 2.05) is 0 Å². The molecule has 0 radical (unpaired) electrons. The van der Waals surface area contributed by atoms with E-state index < -0.39 is 5.97 Å². The summed E-state index contributed by atoms with van der Waals surface area (Å²) in [7, 11) is 0. The van der Waals surface area contributed by atoms with Crippen LogP contribution in [-0.2, 0) is 0 Å². The second-order valence-corrected chi connectivity index (χ2v) is 5.71. The van der Waals surface area contributed by atoms with E-state index in [2.05, 4.69) is 26.2 Å². The second-order valence-electron chi connectivity index (χ2n) is 3.74. The molecule has 98 valence electrons. The average Bonchev–Trinajstić information content (AvgIpc) is 2.71. The summed E-state index contributed by atoms with van der Waals surface area (Å²) in [4.78, 5) is 27.0. The molecule has 0 aliphatic carbocycles. The highest BCUT2D eigenvalue weighted by atomic mass is 79.9. The number of anilines is 1. The number of hydrogen-bond donors (Lipinski definition) is 2. The van der Waals surface area contributed by atoms with E-state index in [-0.39, 0.29) is 16.5 Å². The van der Waals surface area contributed by atoms with E-state index in [1.165, 1.54) is 6.20 Å². The number of amides is 1. The molecule has 7 heteroatoms. The van der Waals surface area contributed by atoms with Gasteiger partial charge in [-0.25, -0.2) is 9.78 Å². The molecule has 19 heavy (non-hydrogen) atoms. The third-order valence-corrected chi connectivity index (χ3v) is 3.92. The molecular formula is C12H9BrN2O3S. The zero-order chi connectivity index (χ0) is 14.0. The van der Waals surface area contributed by atoms with Crippen molar-refractivity contribution in [1.29, 1.82) is 0 Å². The number of aromatic carboxylic acids is 1. The fourth-order valence-electron chi connectivity index (χ4n) is 1.44. The van der Waals surface area contributed by atoms with Gasteiger partial charge in [-0.2, -0.15) is 0 Å². The maximum atomic E-state index is 11.9. The summed E-state index contributed by atoms with van der Waals surface area (Å²) >= 11 is 4.26. The largest absolute Gasteiger partial charge is 0.477 e. The highest BCUT2D eigenvalue weighted by Gasteiger charge is 2.14. The minimum absolute atomic E-state index is 0.221. The van der Waals surface area contributed by atoms with Crippen molar-refractivity contribution in [2.24, 2.45) is 0 Å². The molecule has 0 aromatic carbocycles. The Morgan fingerprint density at radius 2 is 2.16 bits per heavy atom. The van der Waals surface area contributed by atoms with Gasteiger partial charge in [0, 0.05) is 10.7 Å². The van der Waals surface area contributed by atoms with E-state index in [0.717, 1.165) is 15.8 Å². The Morgan fingerprint density at radius 1 is 1.42 bits per heavy atom. The third-order valence-electron chi connectivity index (χ3n) is 2.31. The van der Waals surface area contributed by atoms with Gasteiger partial charge in [-0.05, 0) is 46.6 Å². The Morgan fingerprint density at radius 3 is 2.68 bits per heavy atom. The molecule has 2 aromatic rings. The molecule has 0 aliphatic heterocycles. The first-order valence-corrected chi connectivity index (χ1v) is 6.85. The second kappa shape index (κ2) is 5.50. The molecular weight excluding hydrogens is 332 g/mol. The Balaban J connectivity index is 2.17. The number of aryl methyl sites for hydroxylation is 1. The number of aromatic nitrogens is 1. The van der Waals surface area contributed by atoms with Gasteiger partial charge in [0.25, 0.3) is 5.91 Å². The maximum absolute atomic E-state index is 11.9. The fourth-order valence-corrected chi connectivity index (χ4v) is 2.58. The number of nitrogens with one attached hydrogen (secondary N) is 1. The molecule has 0 unspecified atom stereocenters. The van der Waals surface area contributed by atoms with E-state index in [1.54, 1.807) is 25.1 Å². The van der Waals surface area contributed by atoms with E-state index in [9.17, 15) is 9.59 Å². The average molecular weight is 341 g/mol. The number of rotatable bonds is 3. The summed E-state index contributed by atoms with van der Waals surface area (Å²) < 4.78 is 0.782. The molecule has 2 rings (SSSR count). The lowest BCUT2D eigenvalue weighted by Gasteiger charge is -2.01. The van der Waals surface area contributed by atoms with E-state index >= 15 is 0 Å². The topological polar surface area (TPSA) is 79.3 Å². The first kappa shape index (κ1) is 13.7. The summed E-state index contributed by atoms with van der Waals surface area (Å²) in [6, 6.07) is 4.92. The van der Waals surface area contributed by atoms with Gasteiger partial charge in [0.2, 0.25) is 0 Å². The van der Waals surface area contributed by atoms with Gasteiger partial charge >= 0.3 is 5.97 Å². The molecule has 5 nitrogen and oxygen atoms in total. The predicted molar refractivity (Wildman–Crippen MR) is 75.9 cm³/mol. The minimum atomic E-state index is -0.996. The normalized spacial score (nSPS) is 10.2. The molecule has 0 saturated carbocycles. The molecule has 0 spiro atoms. The summed E-state index contributed by atoms with van der Waals surface area (Å²) in [6.07, 6.45) is 1.53. The molecule has 2 heterocycles. The predicted octanol–water partition coefficient (Wildman–Crippen LogP) is 3.16. The molecule has 0 aliphatic rings. The SMILES string of the molecule is Cc1cc(NC(=O)c2ccc(Br)cn2)sc1C(=O)O. The van der Waals surface area contributed by atoms with Crippen LogP contribution in [0.25, 0.3) is 0 Å². The Kier molecular flexibility index (Phi) is 3.96. The van der Waals surface area contributed by atoms with Crippen molar-refractivity contribution in [3.8, 4) is 0 Å². The van der Waals surface area contributed by atoms with Gasteiger partial charge in [-0.3, -0.25) is 4.79 Å². The third kappa shape index (κ3) is 3.18. The summed E-state index contributed by atoms with van der Waals surface area (Å²) in [6.45, 7) is 1.69. The minimum Gasteiger partial charge on any atom is -0.477 e. The molecule has 0 bridgehead atoms. The Labute approximate surface area is 121 Å². The summed E-state index contributed by atoms with van der Waals surface area (Å²) in [5.74, 6) is -1.37. The van der Waals surface area contributed by atoms with Gasteiger partial charge < -0.3 is 10.4 Å². The Bertz CT molecular complexity index is 637. The van der Waals surface area contributed by atoms with Gasteiger partial charge in [0.05, 0.1) is 5.00 Å². The van der Waals surface area contributed by atoms with Crippen molar-refractivity contribution < 1.29 is 14.7 Å². The van der Waals surface area contributed by atoms with Gasteiger partial charge in [-0.15, -0.1) is 11.3 Å². The van der Waals surface area contributed by atoms with Crippen LogP contribution in [0.5, 0.6) is 0 Å². The van der Waals surface area contributed by atoms with E-state index in [4.69, 9.17) is 5.11 Å². The molecule has 0 fully saturated rings. The highest BCUT2D eigenvalue weighted by Crippen LogP contribution is 2.26. The number of pyridine rings is 1. The van der Waals surface area contributed by atoms with Crippen LogP contribution in [0.15, 0.2) is 28.9 Å². The van der Waals surface area contributed by atoms with Crippen molar-refractivity contribution in [3.63, 3.8) is 0 Å². The van der Waals surface area contributed by atoms with Crippen LogP contribution in [0.4, 0.5) is 5.00 Å². The molecule has 1 amide bonds. The Hall–Kier alpha value is -1.73. The smallest absolute Gasteiger partial charge is 0.346 e. The first-order chi connectivity index (χ1) is 8.97. The van der Waals surface area contributed by atoms with Crippen molar-refractivity contribution >= 4 is 44.1 Å². The van der Waals surface area contributed by atoms with Crippen LogP contribution in [0.2, 0.25) is 0 Å². The number of carbonyl (C=O) groups is 2. The van der Waals surface area contributed by atoms with Gasteiger partial charge in [0.1, 0.15) is 10.6 Å². The van der Waals surface area contributed by atoms with Crippen molar-refractivity contribution in [2.45, 2.75) is 6.92 Å². The van der Waals surface area contributed by atoms with Crippen LogP contribution in [0.3, 0.4) is 0 Å². The molecule has 0 saturated heterocycles. The fraction of sp³-hybridized carbons (Fsp3) is 0.0833. The number of halogens is 1. The summed E-state index contributed by atoms with van der Waals surface area (Å²) in [5, 5.41) is 12.1. The quantitative estimate of drug-likeness (QED) is 0.899. The van der Waals surface area contributed by atoms with Crippen LogP contribution in [-0.4, -0.2) is 22.0 Å². The number of carboxylic acids is 1. The van der Waals surface area contributed by atoms with Gasteiger partial charge in [0.15, 0.2) is 0 Å². The first-order valence-electron chi connectivity index (χ1n) is 5.24. The monoisotopic (exact) mass is 340 g/mol. The van der Waals surface area contributed by atoms with Crippen LogP contribution in [0.1, 0.15) is 25.7 Å². The number of thiophene rings is 1. The zero-order valence-electron chi connectivity index (χ0n) is 9.81. The van der Waals surface area contributed by atoms with Crippen LogP contribution < -0.4 is 5.32 Å². The van der Waals surface area contributed by atoms with Crippen LogP contribution in [0, 0.1) is 6.92 Å². The van der Waals surface area contributed by atoms with E-state index in [0.29, 0.717) is 10.6 Å². The maximum Gasteiger partial charge on any atom is 0.346 e. The number of nitrogens with zero attached hydrogens (tertiary/aromatic N) is 1. The molecule has 0 atom stereocenters. The number of carboxylic acid groups (broad SMARTS) is 1. The molecule has 2 N–H and O–H groups in total. The zero-order valence-corrected chi connectivity index (χ0v) is 12.2. The van der Waals surface area contributed by atoms with Crippen LogP contribution >= 0.6 is 27.3 Å². The highest BCUT2D eigenvalue weighted by molar-refractivity contribution is 9.10. The standard InChI is InChI=1S/C12H9BrN2O3S/c1-6-4-9(19-10(6)12(17)18)15-11(16)8-3-2-7(13)5-14-8/h2-5H,1H3,(H,15,16)(H,17,18). The summed E-state index contributed by atoms with van der Waals surface area (Å²) in [5.41, 5.74) is 0.891. The van der Waals surface area contributed by atoms with Crippen molar-refractivity contribution in [2.75, 3.05) is 5.32 Å². The lowest BCUT2D eigenvalue weighted by molar-refractivity contribution is 0.0701. The van der Waals surface area contributed by atoms with Crippen molar-refractivity contribution in [1.82, 2.24) is 4.98 Å². The lowest BCUT2D eigenvalue weighted by atomic mass is 10.3.